The minimum Gasteiger partial charge on any atom is -0.465 e. The Labute approximate surface area is 123 Å². The summed E-state index contributed by atoms with van der Waals surface area (Å²) in [6.07, 6.45) is 0. The molecule has 2 aromatic carbocycles. The van der Waals surface area contributed by atoms with E-state index in [0.29, 0.717) is 27.2 Å². The number of benzene rings is 2. The molecule has 0 amide bonds. The summed E-state index contributed by atoms with van der Waals surface area (Å²) in [5, 5.41) is 0. The molecule has 0 radical (unpaired) electrons. The average molecular weight is 340 g/mol. The summed E-state index contributed by atoms with van der Waals surface area (Å²) in [7, 11) is 1.29. The molecule has 0 heterocycles. The minimum absolute atomic E-state index is 0.292. The molecule has 0 spiro atoms. The molecular formula is C14H11BrFNO3. The molecule has 0 fully saturated rings. The van der Waals surface area contributed by atoms with E-state index in [4.69, 9.17) is 10.5 Å². The van der Waals surface area contributed by atoms with E-state index in [2.05, 4.69) is 20.7 Å². The number of rotatable bonds is 3. The Kier molecular flexibility index (Phi) is 4.24. The lowest BCUT2D eigenvalue weighted by atomic mass is 10.2. The molecule has 0 bridgehead atoms. The maximum Gasteiger partial charge on any atom is 0.337 e. The van der Waals surface area contributed by atoms with Crippen molar-refractivity contribution in [2.75, 3.05) is 12.8 Å². The third-order valence-corrected chi connectivity index (χ3v) is 3.17. The highest BCUT2D eigenvalue weighted by Crippen LogP contribution is 2.33. The minimum atomic E-state index is -0.493. The Morgan fingerprint density at radius 1 is 1.20 bits per heavy atom. The Morgan fingerprint density at radius 2 is 1.95 bits per heavy atom. The number of esters is 1. The van der Waals surface area contributed by atoms with E-state index in [1.807, 2.05) is 0 Å². The number of hydrogen-bond acceptors (Lipinski definition) is 4. The molecule has 0 aliphatic heterocycles. The number of anilines is 1. The lowest BCUT2D eigenvalue weighted by molar-refractivity contribution is 0.0600. The van der Waals surface area contributed by atoms with Crippen LogP contribution in [-0.4, -0.2) is 13.1 Å². The van der Waals surface area contributed by atoms with E-state index in [1.165, 1.54) is 37.4 Å². The van der Waals surface area contributed by atoms with E-state index >= 15 is 0 Å². The molecule has 2 aromatic rings. The summed E-state index contributed by atoms with van der Waals surface area (Å²) in [6, 6.07) is 8.55. The van der Waals surface area contributed by atoms with Gasteiger partial charge in [0.25, 0.3) is 0 Å². The standard InChI is InChI=1S/C14H11BrFNO3/c1-19-14(18)8-2-4-11(17)13(6-8)20-12-5-3-9(16)7-10(12)15/h2-7H,17H2,1H3. The Hall–Kier alpha value is -2.08. The van der Waals surface area contributed by atoms with Crippen molar-refractivity contribution in [3.05, 3.63) is 52.3 Å². The van der Waals surface area contributed by atoms with Crippen molar-refractivity contribution in [2.45, 2.75) is 0 Å². The highest BCUT2D eigenvalue weighted by molar-refractivity contribution is 9.10. The number of nitrogens with two attached hydrogens (primary N) is 1. The van der Waals surface area contributed by atoms with Gasteiger partial charge in [-0.1, -0.05) is 0 Å². The molecular weight excluding hydrogens is 329 g/mol. The predicted molar refractivity (Wildman–Crippen MR) is 76.4 cm³/mol. The van der Waals surface area contributed by atoms with Gasteiger partial charge in [-0.3, -0.25) is 0 Å². The number of halogens is 2. The molecule has 0 saturated carbocycles. The fourth-order valence-electron chi connectivity index (χ4n) is 1.54. The van der Waals surface area contributed by atoms with Crippen molar-refractivity contribution in [3.8, 4) is 11.5 Å². The highest BCUT2D eigenvalue weighted by atomic mass is 79.9. The zero-order valence-electron chi connectivity index (χ0n) is 10.5. The molecule has 0 aromatic heterocycles. The first-order chi connectivity index (χ1) is 9.51. The maximum atomic E-state index is 13.0. The maximum absolute atomic E-state index is 13.0. The van der Waals surface area contributed by atoms with Crippen LogP contribution in [0.4, 0.5) is 10.1 Å². The normalized spacial score (nSPS) is 10.2. The average Bonchev–Trinajstić information content (AvgIpc) is 2.43. The summed E-state index contributed by atoms with van der Waals surface area (Å²) >= 11 is 3.19. The Morgan fingerprint density at radius 3 is 2.60 bits per heavy atom. The lowest BCUT2D eigenvalue weighted by Crippen LogP contribution is -2.02. The fraction of sp³-hybridized carbons (Fsp3) is 0.0714. The number of carbonyl (C=O) groups is 1. The van der Waals surface area contributed by atoms with Gasteiger partial charge in [-0.05, 0) is 52.3 Å². The first kappa shape index (κ1) is 14.3. The Balaban J connectivity index is 2.35. The van der Waals surface area contributed by atoms with Gasteiger partial charge < -0.3 is 15.2 Å². The monoisotopic (exact) mass is 339 g/mol. The smallest absolute Gasteiger partial charge is 0.337 e. The van der Waals surface area contributed by atoms with Gasteiger partial charge in [0, 0.05) is 0 Å². The predicted octanol–water partition coefficient (Wildman–Crippen LogP) is 3.75. The van der Waals surface area contributed by atoms with Gasteiger partial charge in [-0.2, -0.15) is 0 Å². The van der Waals surface area contributed by atoms with Crippen molar-refractivity contribution in [2.24, 2.45) is 0 Å². The van der Waals surface area contributed by atoms with E-state index in [0.717, 1.165) is 0 Å². The third kappa shape index (κ3) is 3.08. The van der Waals surface area contributed by atoms with Crippen molar-refractivity contribution in [3.63, 3.8) is 0 Å². The summed E-state index contributed by atoms with van der Waals surface area (Å²) in [5.74, 6) is -0.200. The van der Waals surface area contributed by atoms with Crippen molar-refractivity contribution in [1.82, 2.24) is 0 Å². The van der Waals surface area contributed by atoms with Gasteiger partial charge in [0.2, 0.25) is 0 Å². The number of nitrogen functional groups attached to an aromatic ring is 1. The summed E-state index contributed by atoms with van der Waals surface area (Å²) in [5.41, 5.74) is 6.46. The van der Waals surface area contributed by atoms with E-state index in [-0.39, 0.29) is 5.82 Å². The molecule has 104 valence electrons. The van der Waals surface area contributed by atoms with Crippen LogP contribution in [0.15, 0.2) is 40.9 Å². The van der Waals surface area contributed by atoms with Crippen LogP contribution in [0.2, 0.25) is 0 Å². The summed E-state index contributed by atoms with van der Waals surface area (Å²) in [4.78, 5) is 11.5. The Bertz CT molecular complexity index is 661. The van der Waals surface area contributed by atoms with Gasteiger partial charge in [0.05, 0.1) is 22.8 Å². The van der Waals surface area contributed by atoms with Crippen LogP contribution in [0.3, 0.4) is 0 Å². The number of hydrogen-bond donors (Lipinski definition) is 1. The van der Waals surface area contributed by atoms with Crippen LogP contribution in [0, 0.1) is 5.82 Å². The van der Waals surface area contributed by atoms with Gasteiger partial charge in [0.15, 0.2) is 5.75 Å². The molecule has 6 heteroatoms. The van der Waals surface area contributed by atoms with Crippen LogP contribution in [0.1, 0.15) is 10.4 Å². The molecule has 2 N–H and O–H groups in total. The second-order valence-corrected chi connectivity index (χ2v) is 4.78. The van der Waals surface area contributed by atoms with Crippen LogP contribution >= 0.6 is 15.9 Å². The van der Waals surface area contributed by atoms with Crippen molar-refractivity contribution in [1.29, 1.82) is 0 Å². The topological polar surface area (TPSA) is 61.5 Å². The largest absolute Gasteiger partial charge is 0.465 e. The molecule has 0 atom stereocenters. The molecule has 0 aliphatic rings. The third-order valence-electron chi connectivity index (χ3n) is 2.55. The van der Waals surface area contributed by atoms with E-state index in [1.54, 1.807) is 6.07 Å². The summed E-state index contributed by atoms with van der Waals surface area (Å²) < 4.78 is 23.7. The quantitative estimate of drug-likeness (QED) is 0.683. The second kappa shape index (κ2) is 5.92. The van der Waals surface area contributed by atoms with E-state index in [9.17, 15) is 9.18 Å². The van der Waals surface area contributed by atoms with Crippen LogP contribution < -0.4 is 10.5 Å². The van der Waals surface area contributed by atoms with Gasteiger partial charge in [-0.15, -0.1) is 0 Å². The van der Waals surface area contributed by atoms with Crippen molar-refractivity contribution >= 4 is 27.6 Å². The van der Waals surface area contributed by atoms with Crippen LogP contribution in [0.25, 0.3) is 0 Å². The molecule has 0 aliphatic carbocycles. The van der Waals surface area contributed by atoms with Gasteiger partial charge in [-0.25, -0.2) is 9.18 Å². The second-order valence-electron chi connectivity index (χ2n) is 3.92. The lowest BCUT2D eigenvalue weighted by Gasteiger charge is -2.11. The number of carbonyl (C=O) groups excluding carboxylic acids is 1. The summed E-state index contributed by atoms with van der Waals surface area (Å²) in [6.45, 7) is 0. The zero-order chi connectivity index (χ0) is 14.7. The molecule has 0 unspecified atom stereocenters. The number of methoxy groups -OCH3 is 1. The molecule has 2 rings (SSSR count). The SMILES string of the molecule is COC(=O)c1ccc(N)c(Oc2ccc(F)cc2Br)c1. The zero-order valence-corrected chi connectivity index (χ0v) is 12.1. The molecule has 0 saturated heterocycles. The van der Waals surface area contributed by atoms with Gasteiger partial charge in [0.1, 0.15) is 11.6 Å². The fourth-order valence-corrected chi connectivity index (χ4v) is 1.98. The van der Waals surface area contributed by atoms with Crippen molar-refractivity contribution < 1.29 is 18.7 Å². The first-order valence-electron chi connectivity index (χ1n) is 5.62. The highest BCUT2D eigenvalue weighted by Gasteiger charge is 2.11. The van der Waals surface area contributed by atoms with Crippen LogP contribution in [0.5, 0.6) is 11.5 Å². The number of ether oxygens (including phenoxy) is 2. The van der Waals surface area contributed by atoms with Gasteiger partial charge >= 0.3 is 5.97 Å². The van der Waals surface area contributed by atoms with Crippen LogP contribution in [-0.2, 0) is 4.74 Å². The molecule has 4 nitrogen and oxygen atoms in total. The van der Waals surface area contributed by atoms with E-state index < -0.39 is 5.97 Å². The first-order valence-corrected chi connectivity index (χ1v) is 6.41. The molecule has 20 heavy (non-hydrogen) atoms.